The number of fused-ring (bicyclic) bond motifs is 2. The predicted molar refractivity (Wildman–Crippen MR) is 116 cm³/mol. The second-order valence-corrected chi connectivity index (χ2v) is 9.65. The molecule has 1 saturated carbocycles. The number of piperazine rings is 1. The largest absolute Gasteiger partial charge is 0.341 e. The highest BCUT2D eigenvalue weighted by atomic mass is 15.5. The summed E-state index contributed by atoms with van der Waals surface area (Å²) in [7, 11) is 0. The summed E-state index contributed by atoms with van der Waals surface area (Å²) < 4.78 is 0. The van der Waals surface area contributed by atoms with E-state index in [0.29, 0.717) is 18.0 Å². The van der Waals surface area contributed by atoms with Gasteiger partial charge in [0, 0.05) is 44.3 Å². The molecule has 1 aliphatic carbocycles. The fraction of sp³-hybridized carbons (Fsp3) is 0.708. The Morgan fingerprint density at radius 3 is 2.29 bits per heavy atom. The highest BCUT2D eigenvalue weighted by Gasteiger charge is 2.45. The molecule has 1 aromatic carbocycles. The SMILES string of the molecule is CC(C)c1ccc(CCN2CCN=C2N2C3CCC2CN(C2CCC2)C3)cc1. The van der Waals surface area contributed by atoms with Crippen molar-refractivity contribution < 1.29 is 0 Å². The maximum atomic E-state index is 4.99. The molecule has 3 aliphatic heterocycles. The molecule has 0 amide bonds. The van der Waals surface area contributed by atoms with Crippen molar-refractivity contribution >= 4 is 5.96 Å². The number of benzene rings is 1. The maximum absolute atomic E-state index is 4.99. The number of hydrogen-bond donors (Lipinski definition) is 0. The van der Waals surface area contributed by atoms with Crippen LogP contribution >= 0.6 is 0 Å². The lowest BCUT2D eigenvalue weighted by Crippen LogP contribution is -2.61. The van der Waals surface area contributed by atoms with E-state index in [2.05, 4.69) is 52.8 Å². The van der Waals surface area contributed by atoms with Crippen molar-refractivity contribution in [3.8, 4) is 0 Å². The quantitative estimate of drug-likeness (QED) is 0.777. The Morgan fingerprint density at radius 1 is 0.964 bits per heavy atom. The predicted octanol–water partition coefficient (Wildman–Crippen LogP) is 3.73. The Balaban J connectivity index is 1.21. The molecule has 3 heterocycles. The Labute approximate surface area is 170 Å². The van der Waals surface area contributed by atoms with Crippen LogP contribution < -0.4 is 0 Å². The molecule has 2 bridgehead atoms. The van der Waals surface area contributed by atoms with E-state index in [1.165, 1.54) is 62.3 Å². The molecule has 152 valence electrons. The van der Waals surface area contributed by atoms with E-state index in [1.54, 1.807) is 0 Å². The molecule has 4 nitrogen and oxygen atoms in total. The van der Waals surface area contributed by atoms with Crippen LogP contribution in [-0.4, -0.2) is 71.5 Å². The molecule has 0 spiro atoms. The van der Waals surface area contributed by atoms with Gasteiger partial charge in [0.15, 0.2) is 5.96 Å². The molecule has 2 atom stereocenters. The number of aliphatic imine (C=N–C) groups is 1. The molecule has 3 fully saturated rings. The van der Waals surface area contributed by atoms with Crippen molar-refractivity contribution in [1.82, 2.24) is 14.7 Å². The topological polar surface area (TPSA) is 22.1 Å². The molecule has 1 aromatic rings. The summed E-state index contributed by atoms with van der Waals surface area (Å²) in [5.74, 6) is 1.93. The van der Waals surface area contributed by atoms with Gasteiger partial charge in [-0.3, -0.25) is 9.89 Å². The molecule has 4 heteroatoms. The van der Waals surface area contributed by atoms with Gasteiger partial charge in [0.25, 0.3) is 0 Å². The Kier molecular flexibility index (Phi) is 5.08. The first-order valence-corrected chi connectivity index (χ1v) is 11.6. The normalized spacial score (nSPS) is 28.2. The molecular formula is C24H36N4. The van der Waals surface area contributed by atoms with Crippen molar-refractivity contribution in [2.75, 3.05) is 32.7 Å². The van der Waals surface area contributed by atoms with Crippen LogP contribution in [0.25, 0.3) is 0 Å². The van der Waals surface area contributed by atoms with Gasteiger partial charge in [-0.15, -0.1) is 0 Å². The number of hydrogen-bond acceptors (Lipinski definition) is 4. The summed E-state index contributed by atoms with van der Waals surface area (Å²) in [5, 5.41) is 0. The monoisotopic (exact) mass is 380 g/mol. The van der Waals surface area contributed by atoms with E-state index in [4.69, 9.17) is 4.99 Å². The number of nitrogens with zero attached hydrogens (tertiary/aromatic N) is 4. The number of guanidine groups is 1. The van der Waals surface area contributed by atoms with Gasteiger partial charge in [-0.2, -0.15) is 0 Å². The van der Waals surface area contributed by atoms with Crippen LogP contribution in [0.4, 0.5) is 0 Å². The van der Waals surface area contributed by atoms with Gasteiger partial charge < -0.3 is 9.80 Å². The third kappa shape index (κ3) is 3.45. The lowest BCUT2D eigenvalue weighted by atomic mass is 9.90. The van der Waals surface area contributed by atoms with Crippen molar-refractivity contribution in [2.24, 2.45) is 4.99 Å². The maximum Gasteiger partial charge on any atom is 0.197 e. The molecule has 2 saturated heterocycles. The number of likely N-dealkylation sites (tertiary alicyclic amines) is 1. The summed E-state index contributed by atoms with van der Waals surface area (Å²) in [4.78, 5) is 13.1. The minimum atomic E-state index is 0.612. The van der Waals surface area contributed by atoms with Gasteiger partial charge in [0.05, 0.1) is 6.54 Å². The fourth-order valence-corrected chi connectivity index (χ4v) is 5.57. The Morgan fingerprint density at radius 2 is 1.68 bits per heavy atom. The molecule has 2 unspecified atom stereocenters. The Hall–Kier alpha value is -1.55. The lowest BCUT2D eigenvalue weighted by molar-refractivity contribution is 0.0448. The van der Waals surface area contributed by atoms with Gasteiger partial charge in [-0.25, -0.2) is 0 Å². The van der Waals surface area contributed by atoms with Crippen LogP contribution in [-0.2, 0) is 6.42 Å². The van der Waals surface area contributed by atoms with E-state index >= 15 is 0 Å². The lowest BCUT2D eigenvalue weighted by Gasteiger charge is -2.48. The van der Waals surface area contributed by atoms with Crippen molar-refractivity contribution in [3.05, 3.63) is 35.4 Å². The number of rotatable bonds is 5. The van der Waals surface area contributed by atoms with Crippen LogP contribution in [0.3, 0.4) is 0 Å². The van der Waals surface area contributed by atoms with Crippen LogP contribution in [0.15, 0.2) is 29.3 Å². The first-order chi connectivity index (χ1) is 13.7. The van der Waals surface area contributed by atoms with Crippen LogP contribution in [0, 0.1) is 0 Å². The highest BCUT2D eigenvalue weighted by Crippen LogP contribution is 2.36. The summed E-state index contributed by atoms with van der Waals surface area (Å²) in [6, 6.07) is 11.5. The summed E-state index contributed by atoms with van der Waals surface area (Å²) >= 11 is 0. The van der Waals surface area contributed by atoms with Crippen molar-refractivity contribution in [3.63, 3.8) is 0 Å². The van der Waals surface area contributed by atoms with Gasteiger partial charge in [0.2, 0.25) is 0 Å². The molecule has 28 heavy (non-hydrogen) atoms. The van der Waals surface area contributed by atoms with Crippen LogP contribution in [0.2, 0.25) is 0 Å². The molecule has 0 aromatic heterocycles. The molecule has 0 radical (unpaired) electrons. The molecule has 0 N–H and O–H groups in total. The van der Waals surface area contributed by atoms with E-state index in [1.807, 2.05) is 0 Å². The van der Waals surface area contributed by atoms with E-state index in [-0.39, 0.29) is 0 Å². The second kappa shape index (κ2) is 7.70. The standard InChI is InChI=1S/C24H36N4/c1-18(2)20-8-6-19(7-9-20)12-14-26-15-13-25-24(26)28-22-10-11-23(28)17-27(16-22)21-4-3-5-21/h6-9,18,21-23H,3-5,10-17H2,1-2H3. The van der Waals surface area contributed by atoms with Crippen molar-refractivity contribution in [1.29, 1.82) is 0 Å². The molecular weight excluding hydrogens is 344 g/mol. The first-order valence-electron chi connectivity index (χ1n) is 11.6. The van der Waals surface area contributed by atoms with E-state index in [9.17, 15) is 0 Å². The van der Waals surface area contributed by atoms with Gasteiger partial charge in [-0.1, -0.05) is 44.5 Å². The zero-order chi connectivity index (χ0) is 19.1. The average Bonchev–Trinajstić information content (AvgIpc) is 3.20. The van der Waals surface area contributed by atoms with Crippen LogP contribution in [0.5, 0.6) is 0 Å². The summed E-state index contributed by atoms with van der Waals surface area (Å²) in [5.41, 5.74) is 2.89. The second-order valence-electron chi connectivity index (χ2n) is 9.65. The minimum absolute atomic E-state index is 0.612. The fourth-order valence-electron chi connectivity index (χ4n) is 5.57. The molecule has 4 aliphatic rings. The smallest absolute Gasteiger partial charge is 0.197 e. The average molecular weight is 381 g/mol. The van der Waals surface area contributed by atoms with Crippen LogP contribution in [0.1, 0.15) is 63.0 Å². The highest BCUT2D eigenvalue weighted by molar-refractivity contribution is 5.82. The third-order valence-electron chi connectivity index (χ3n) is 7.56. The van der Waals surface area contributed by atoms with E-state index in [0.717, 1.165) is 32.1 Å². The van der Waals surface area contributed by atoms with Gasteiger partial charge in [-0.05, 0) is 49.1 Å². The van der Waals surface area contributed by atoms with Gasteiger partial charge in [0.1, 0.15) is 0 Å². The first kappa shape index (κ1) is 18.5. The third-order valence-corrected chi connectivity index (χ3v) is 7.56. The Bertz CT molecular complexity index is 692. The van der Waals surface area contributed by atoms with Crippen molar-refractivity contribution in [2.45, 2.75) is 76.4 Å². The summed E-state index contributed by atoms with van der Waals surface area (Å²) in [6.07, 6.45) is 8.15. The summed E-state index contributed by atoms with van der Waals surface area (Å²) in [6.45, 7) is 10.2. The zero-order valence-corrected chi connectivity index (χ0v) is 17.7. The molecule has 5 rings (SSSR count). The minimum Gasteiger partial charge on any atom is -0.341 e. The van der Waals surface area contributed by atoms with E-state index < -0.39 is 0 Å². The zero-order valence-electron chi connectivity index (χ0n) is 17.7. The van der Waals surface area contributed by atoms with Gasteiger partial charge >= 0.3 is 0 Å².